The summed E-state index contributed by atoms with van der Waals surface area (Å²) < 4.78 is 9.57. The molecule has 0 amide bonds. The molecule has 3 rings (SSSR count). The minimum Gasteiger partial charge on any atom is -0.462 e. The molecule has 0 aliphatic carbocycles. The first-order valence-corrected chi connectivity index (χ1v) is 8.79. The number of unbranched alkanes of at least 4 members (excludes halogenated alkanes) is 1. The second-order valence-corrected chi connectivity index (χ2v) is 6.87. The second kappa shape index (κ2) is 7.53. The first kappa shape index (κ1) is 15.9. The normalized spacial score (nSPS) is 10.8. The molecule has 0 saturated heterocycles. The number of aromatic nitrogens is 1. The molecule has 118 valence electrons. The van der Waals surface area contributed by atoms with Crippen molar-refractivity contribution in [1.82, 2.24) is 4.57 Å². The summed E-state index contributed by atoms with van der Waals surface area (Å²) in [7, 11) is 0. The highest BCUT2D eigenvalue weighted by atomic mass is 32.1. The molecule has 0 atom stereocenters. The first-order chi connectivity index (χ1) is 11.3. The van der Waals surface area contributed by atoms with Crippen LogP contribution in [0.2, 0.25) is 0 Å². The molecule has 0 radical (unpaired) electrons. The van der Waals surface area contributed by atoms with Crippen molar-refractivity contribution in [1.29, 1.82) is 0 Å². The summed E-state index contributed by atoms with van der Waals surface area (Å²) in [6.45, 7) is 1.29. The Bertz CT molecular complexity index is 852. The average molecular weight is 343 g/mol. The van der Waals surface area contributed by atoms with Gasteiger partial charge in [-0.05, 0) is 49.3 Å². The average Bonchev–Trinajstić information content (AvgIpc) is 2.91. The van der Waals surface area contributed by atoms with E-state index in [9.17, 15) is 4.79 Å². The van der Waals surface area contributed by atoms with Crippen LogP contribution in [-0.4, -0.2) is 17.1 Å². The van der Waals surface area contributed by atoms with Gasteiger partial charge in [0.15, 0.2) is 3.95 Å². The molecule has 1 heterocycles. The predicted molar refractivity (Wildman–Crippen MR) is 96.6 cm³/mol. The Balaban J connectivity index is 1.49. The van der Waals surface area contributed by atoms with E-state index in [-0.39, 0.29) is 5.97 Å². The van der Waals surface area contributed by atoms with E-state index < -0.39 is 0 Å². The summed E-state index contributed by atoms with van der Waals surface area (Å²) in [5.74, 6) is -0.261. The van der Waals surface area contributed by atoms with E-state index >= 15 is 0 Å². The van der Waals surface area contributed by atoms with Crippen molar-refractivity contribution in [2.45, 2.75) is 19.4 Å². The molecule has 2 aromatic carbocycles. The van der Waals surface area contributed by atoms with Gasteiger partial charge in [-0.1, -0.05) is 30.3 Å². The number of thiazole rings is 1. The maximum atomic E-state index is 11.8. The van der Waals surface area contributed by atoms with Crippen molar-refractivity contribution in [3.05, 3.63) is 64.1 Å². The summed E-state index contributed by atoms with van der Waals surface area (Å²) in [6, 6.07) is 17.3. The van der Waals surface area contributed by atoms with Gasteiger partial charge >= 0.3 is 5.97 Å². The molecule has 0 spiro atoms. The number of ether oxygens (including phenoxy) is 1. The summed E-state index contributed by atoms with van der Waals surface area (Å²) in [5, 5.41) is 0. The van der Waals surface area contributed by atoms with Gasteiger partial charge in [0.1, 0.15) is 0 Å². The third kappa shape index (κ3) is 3.86. The van der Waals surface area contributed by atoms with Crippen molar-refractivity contribution < 1.29 is 9.53 Å². The minimum absolute atomic E-state index is 0.261. The van der Waals surface area contributed by atoms with Gasteiger partial charge in [-0.2, -0.15) is 0 Å². The Morgan fingerprint density at radius 3 is 2.61 bits per heavy atom. The van der Waals surface area contributed by atoms with Gasteiger partial charge in [-0.15, -0.1) is 11.3 Å². The lowest BCUT2D eigenvalue weighted by atomic mass is 10.2. The minimum atomic E-state index is -0.261. The van der Waals surface area contributed by atoms with Crippen LogP contribution < -0.4 is 0 Å². The lowest BCUT2D eigenvalue weighted by Gasteiger charge is -2.06. The summed E-state index contributed by atoms with van der Waals surface area (Å²) in [4.78, 5) is 11.8. The quantitative estimate of drug-likeness (QED) is 0.356. The fourth-order valence-electron chi connectivity index (χ4n) is 2.42. The van der Waals surface area contributed by atoms with E-state index in [2.05, 4.69) is 16.7 Å². The van der Waals surface area contributed by atoms with Crippen LogP contribution in [0.5, 0.6) is 0 Å². The fourth-order valence-corrected chi connectivity index (χ4v) is 3.80. The van der Waals surface area contributed by atoms with Gasteiger partial charge < -0.3 is 9.30 Å². The van der Waals surface area contributed by atoms with Crippen LogP contribution in [0.15, 0.2) is 54.6 Å². The molecule has 0 aliphatic heterocycles. The lowest BCUT2D eigenvalue weighted by Crippen LogP contribution is -2.07. The van der Waals surface area contributed by atoms with Crippen molar-refractivity contribution in [2.24, 2.45) is 0 Å². The van der Waals surface area contributed by atoms with Crippen LogP contribution in [0.1, 0.15) is 23.2 Å². The Morgan fingerprint density at radius 2 is 1.78 bits per heavy atom. The standard InChI is InChI=1S/C18H17NO2S2/c20-17(14-8-2-1-3-9-14)21-13-7-6-12-19-15-10-4-5-11-16(15)23-18(19)22/h1-5,8-11H,6-7,12-13H2. The van der Waals surface area contributed by atoms with Gasteiger partial charge in [-0.3, -0.25) is 0 Å². The Labute approximate surface area is 144 Å². The number of hydrogen-bond donors (Lipinski definition) is 0. The molecule has 5 heteroatoms. The van der Waals surface area contributed by atoms with E-state index in [0.29, 0.717) is 12.2 Å². The van der Waals surface area contributed by atoms with Gasteiger partial charge in [0.25, 0.3) is 0 Å². The number of carbonyl (C=O) groups is 1. The van der Waals surface area contributed by atoms with Crippen LogP contribution in [-0.2, 0) is 11.3 Å². The topological polar surface area (TPSA) is 31.2 Å². The zero-order chi connectivity index (χ0) is 16.1. The zero-order valence-electron chi connectivity index (χ0n) is 12.6. The van der Waals surface area contributed by atoms with Crippen LogP contribution in [0.3, 0.4) is 0 Å². The smallest absolute Gasteiger partial charge is 0.338 e. The first-order valence-electron chi connectivity index (χ1n) is 7.56. The molecule has 3 nitrogen and oxygen atoms in total. The van der Waals surface area contributed by atoms with Crippen molar-refractivity contribution in [3.63, 3.8) is 0 Å². The number of esters is 1. The highest BCUT2D eigenvalue weighted by molar-refractivity contribution is 7.73. The SMILES string of the molecule is O=C(OCCCCn1c(=S)sc2ccccc21)c1ccccc1. The van der Waals surface area contributed by atoms with E-state index in [1.165, 1.54) is 10.2 Å². The maximum Gasteiger partial charge on any atom is 0.338 e. The Kier molecular flexibility index (Phi) is 5.20. The summed E-state index contributed by atoms with van der Waals surface area (Å²) in [6.07, 6.45) is 1.75. The van der Waals surface area contributed by atoms with Crippen LogP contribution in [0.4, 0.5) is 0 Å². The van der Waals surface area contributed by atoms with Crippen LogP contribution in [0.25, 0.3) is 10.2 Å². The van der Waals surface area contributed by atoms with Crippen LogP contribution in [0, 0.1) is 3.95 Å². The summed E-state index contributed by atoms with van der Waals surface area (Å²) >= 11 is 7.07. The van der Waals surface area contributed by atoms with Gasteiger partial charge in [0, 0.05) is 6.54 Å². The molecule has 0 N–H and O–H groups in total. The number of rotatable bonds is 6. The molecule has 0 bridgehead atoms. The number of hydrogen-bond acceptors (Lipinski definition) is 4. The highest BCUT2D eigenvalue weighted by Crippen LogP contribution is 2.23. The Hall–Kier alpha value is -1.98. The molecular weight excluding hydrogens is 326 g/mol. The van der Waals surface area contributed by atoms with Crippen molar-refractivity contribution in [3.8, 4) is 0 Å². The number of para-hydroxylation sites is 1. The summed E-state index contributed by atoms with van der Waals surface area (Å²) in [5.41, 5.74) is 1.78. The monoisotopic (exact) mass is 343 g/mol. The van der Waals surface area contributed by atoms with Gasteiger partial charge in [0.2, 0.25) is 0 Å². The third-order valence-corrected chi connectivity index (χ3v) is 5.02. The molecule has 0 saturated carbocycles. The molecule has 0 unspecified atom stereocenters. The van der Waals surface area contributed by atoms with E-state index in [4.69, 9.17) is 17.0 Å². The zero-order valence-corrected chi connectivity index (χ0v) is 14.2. The molecule has 0 aliphatic rings. The number of benzene rings is 2. The number of nitrogens with zero attached hydrogens (tertiary/aromatic N) is 1. The lowest BCUT2D eigenvalue weighted by molar-refractivity contribution is 0.0497. The van der Waals surface area contributed by atoms with E-state index in [1.54, 1.807) is 23.5 Å². The predicted octanol–water partition coefficient (Wildman–Crippen LogP) is 5.07. The molecule has 0 fully saturated rings. The van der Waals surface area contributed by atoms with Crippen LogP contribution >= 0.6 is 23.6 Å². The molecule has 3 aromatic rings. The van der Waals surface area contributed by atoms with Gasteiger partial charge in [0.05, 0.1) is 22.4 Å². The van der Waals surface area contributed by atoms with Crippen molar-refractivity contribution in [2.75, 3.05) is 6.61 Å². The van der Waals surface area contributed by atoms with Gasteiger partial charge in [-0.25, -0.2) is 4.79 Å². The van der Waals surface area contributed by atoms with E-state index in [1.807, 2.05) is 30.3 Å². The number of fused-ring (bicyclic) bond motifs is 1. The largest absolute Gasteiger partial charge is 0.462 e. The van der Waals surface area contributed by atoms with Crippen molar-refractivity contribution >= 4 is 39.7 Å². The highest BCUT2D eigenvalue weighted by Gasteiger charge is 2.06. The number of aryl methyl sites for hydroxylation is 1. The molecule has 23 heavy (non-hydrogen) atoms. The fraction of sp³-hybridized carbons (Fsp3) is 0.222. The van der Waals surface area contributed by atoms with E-state index in [0.717, 1.165) is 23.3 Å². The second-order valence-electron chi connectivity index (χ2n) is 5.20. The molecule has 1 aromatic heterocycles. The molecular formula is C18H17NO2S2. The third-order valence-electron chi connectivity index (χ3n) is 3.59. The Morgan fingerprint density at radius 1 is 1.04 bits per heavy atom. The maximum absolute atomic E-state index is 11.8. The number of carbonyl (C=O) groups excluding carboxylic acids is 1.